The maximum absolute atomic E-state index is 12.5. The molecule has 2 aliphatic rings. The van der Waals surface area contributed by atoms with E-state index < -0.39 is 10.2 Å². The lowest BCUT2D eigenvalue weighted by molar-refractivity contribution is -0.145. The van der Waals surface area contributed by atoms with Crippen LogP contribution in [-0.4, -0.2) is 56.3 Å². The van der Waals surface area contributed by atoms with Gasteiger partial charge in [0.25, 0.3) is 10.2 Å². The van der Waals surface area contributed by atoms with Gasteiger partial charge in [0, 0.05) is 26.2 Å². The molecular weight excluding hydrogens is 268 g/mol. The zero-order valence-corrected chi connectivity index (χ0v) is 12.4. The van der Waals surface area contributed by atoms with Crippen LogP contribution in [0.1, 0.15) is 26.2 Å². The first-order valence-electron chi connectivity index (χ1n) is 6.80. The normalized spacial score (nSPS) is 30.4. The molecule has 110 valence electrons. The van der Waals surface area contributed by atoms with E-state index in [-0.39, 0.29) is 24.3 Å². The third kappa shape index (κ3) is 2.93. The van der Waals surface area contributed by atoms with Gasteiger partial charge >= 0.3 is 5.97 Å². The van der Waals surface area contributed by atoms with Crippen LogP contribution < -0.4 is 0 Å². The molecule has 2 rings (SSSR count). The number of ether oxygens (including phenoxy) is 1. The van der Waals surface area contributed by atoms with E-state index in [9.17, 15) is 13.2 Å². The Balaban J connectivity index is 2.08. The predicted octanol–water partition coefficient (Wildman–Crippen LogP) is 0.458. The number of hydrogen-bond donors (Lipinski definition) is 0. The van der Waals surface area contributed by atoms with Gasteiger partial charge in [-0.05, 0) is 18.8 Å². The number of carbonyl (C=O) groups excluding carboxylic acids is 1. The molecule has 0 saturated carbocycles. The van der Waals surface area contributed by atoms with Crippen molar-refractivity contribution in [3.8, 4) is 0 Å². The van der Waals surface area contributed by atoms with Crippen molar-refractivity contribution >= 4 is 16.2 Å². The van der Waals surface area contributed by atoms with Crippen LogP contribution in [0.2, 0.25) is 0 Å². The van der Waals surface area contributed by atoms with Gasteiger partial charge in [0.2, 0.25) is 0 Å². The highest BCUT2D eigenvalue weighted by Gasteiger charge is 2.42. The van der Waals surface area contributed by atoms with Gasteiger partial charge < -0.3 is 4.74 Å². The lowest BCUT2D eigenvalue weighted by Crippen LogP contribution is -2.45. The quantitative estimate of drug-likeness (QED) is 0.708. The summed E-state index contributed by atoms with van der Waals surface area (Å²) in [5, 5.41) is 0. The van der Waals surface area contributed by atoms with Crippen LogP contribution in [0, 0.1) is 11.8 Å². The van der Waals surface area contributed by atoms with E-state index >= 15 is 0 Å². The summed E-state index contributed by atoms with van der Waals surface area (Å²) in [4.78, 5) is 11.6. The van der Waals surface area contributed by atoms with Crippen molar-refractivity contribution < 1.29 is 17.9 Å². The standard InChI is InChI=1S/C12H22N2O4S/c1-10-8-14(9-11(10)12(15)18-2)19(16,17)13-6-4-3-5-7-13/h10-11H,3-9H2,1-2H3. The summed E-state index contributed by atoms with van der Waals surface area (Å²) in [6.45, 7) is 3.73. The molecule has 0 amide bonds. The van der Waals surface area contributed by atoms with Crippen molar-refractivity contribution in [1.29, 1.82) is 0 Å². The molecule has 2 unspecified atom stereocenters. The van der Waals surface area contributed by atoms with Crippen molar-refractivity contribution in [2.45, 2.75) is 26.2 Å². The molecule has 0 aliphatic carbocycles. The van der Waals surface area contributed by atoms with E-state index in [0.29, 0.717) is 19.6 Å². The summed E-state index contributed by atoms with van der Waals surface area (Å²) in [5.74, 6) is -0.652. The van der Waals surface area contributed by atoms with Crippen LogP contribution >= 0.6 is 0 Å². The molecule has 0 bridgehead atoms. The van der Waals surface area contributed by atoms with Gasteiger partial charge in [-0.3, -0.25) is 4.79 Å². The molecule has 19 heavy (non-hydrogen) atoms. The third-order valence-corrected chi connectivity index (χ3v) is 6.02. The second-order valence-corrected chi connectivity index (χ2v) is 7.32. The summed E-state index contributed by atoms with van der Waals surface area (Å²) in [6.07, 6.45) is 2.93. The number of esters is 1. The maximum atomic E-state index is 12.5. The maximum Gasteiger partial charge on any atom is 0.310 e. The fourth-order valence-electron chi connectivity index (χ4n) is 2.83. The summed E-state index contributed by atoms with van der Waals surface area (Å²) >= 11 is 0. The Morgan fingerprint density at radius 3 is 2.32 bits per heavy atom. The Kier molecular flexibility index (Phi) is 4.47. The van der Waals surface area contributed by atoms with E-state index in [2.05, 4.69) is 0 Å². The molecule has 0 N–H and O–H groups in total. The third-order valence-electron chi connectivity index (χ3n) is 4.05. The molecular formula is C12H22N2O4S. The largest absolute Gasteiger partial charge is 0.469 e. The monoisotopic (exact) mass is 290 g/mol. The van der Waals surface area contributed by atoms with Gasteiger partial charge in [-0.25, -0.2) is 0 Å². The topological polar surface area (TPSA) is 66.9 Å². The molecule has 0 radical (unpaired) electrons. The molecule has 2 saturated heterocycles. The van der Waals surface area contributed by atoms with Crippen LogP contribution in [0.15, 0.2) is 0 Å². The van der Waals surface area contributed by atoms with Crippen molar-refractivity contribution in [2.24, 2.45) is 11.8 Å². The summed E-state index contributed by atoms with van der Waals surface area (Å²) in [6, 6.07) is 0. The highest BCUT2D eigenvalue weighted by Crippen LogP contribution is 2.28. The number of hydrogen-bond acceptors (Lipinski definition) is 4. The van der Waals surface area contributed by atoms with Crippen LogP contribution in [0.4, 0.5) is 0 Å². The van der Waals surface area contributed by atoms with Crippen molar-refractivity contribution in [1.82, 2.24) is 8.61 Å². The Hall–Kier alpha value is -0.660. The number of carbonyl (C=O) groups is 1. The Morgan fingerprint density at radius 2 is 1.74 bits per heavy atom. The zero-order chi connectivity index (χ0) is 14.0. The zero-order valence-electron chi connectivity index (χ0n) is 11.5. The smallest absolute Gasteiger partial charge is 0.310 e. The van der Waals surface area contributed by atoms with E-state index in [1.165, 1.54) is 11.4 Å². The molecule has 2 atom stereocenters. The average Bonchev–Trinajstić information content (AvgIpc) is 2.81. The van der Waals surface area contributed by atoms with Gasteiger partial charge in [0.15, 0.2) is 0 Å². The minimum absolute atomic E-state index is 0.00650. The first-order chi connectivity index (χ1) is 8.96. The van der Waals surface area contributed by atoms with E-state index in [1.807, 2.05) is 6.92 Å². The molecule has 0 spiro atoms. The second kappa shape index (κ2) is 5.76. The summed E-state index contributed by atoms with van der Waals surface area (Å²) < 4.78 is 32.7. The van der Waals surface area contributed by atoms with E-state index in [0.717, 1.165) is 19.3 Å². The fourth-order valence-corrected chi connectivity index (χ4v) is 4.65. The Labute approximate surface area is 114 Å². The highest BCUT2D eigenvalue weighted by molar-refractivity contribution is 7.86. The first-order valence-corrected chi connectivity index (χ1v) is 8.19. The van der Waals surface area contributed by atoms with Gasteiger partial charge in [-0.2, -0.15) is 17.0 Å². The highest BCUT2D eigenvalue weighted by atomic mass is 32.2. The molecule has 0 aromatic carbocycles. The van der Waals surface area contributed by atoms with Gasteiger partial charge in [0.05, 0.1) is 13.0 Å². The van der Waals surface area contributed by atoms with Crippen molar-refractivity contribution in [3.63, 3.8) is 0 Å². The molecule has 0 aromatic rings. The number of rotatable bonds is 3. The molecule has 0 aromatic heterocycles. The number of nitrogens with zero attached hydrogens (tertiary/aromatic N) is 2. The summed E-state index contributed by atoms with van der Waals surface area (Å²) in [7, 11) is -2.07. The molecule has 2 fully saturated rings. The SMILES string of the molecule is COC(=O)C1CN(S(=O)(=O)N2CCCCC2)CC1C. The van der Waals surface area contributed by atoms with Crippen LogP contribution in [0.5, 0.6) is 0 Å². The predicted molar refractivity (Wildman–Crippen MR) is 70.6 cm³/mol. The molecule has 7 heteroatoms. The molecule has 2 heterocycles. The average molecular weight is 290 g/mol. The minimum atomic E-state index is -3.41. The van der Waals surface area contributed by atoms with Crippen molar-refractivity contribution in [2.75, 3.05) is 33.3 Å². The number of methoxy groups -OCH3 is 1. The van der Waals surface area contributed by atoms with Gasteiger partial charge in [-0.1, -0.05) is 13.3 Å². The minimum Gasteiger partial charge on any atom is -0.469 e. The Bertz CT molecular complexity index is 431. The fraction of sp³-hybridized carbons (Fsp3) is 0.917. The van der Waals surface area contributed by atoms with E-state index in [1.54, 1.807) is 4.31 Å². The van der Waals surface area contributed by atoms with Gasteiger partial charge in [0.1, 0.15) is 0 Å². The van der Waals surface area contributed by atoms with E-state index in [4.69, 9.17) is 4.74 Å². The van der Waals surface area contributed by atoms with Gasteiger partial charge in [-0.15, -0.1) is 0 Å². The van der Waals surface area contributed by atoms with Crippen LogP contribution in [-0.2, 0) is 19.7 Å². The van der Waals surface area contributed by atoms with Crippen LogP contribution in [0.25, 0.3) is 0 Å². The Morgan fingerprint density at radius 1 is 1.11 bits per heavy atom. The lowest BCUT2D eigenvalue weighted by atomic mass is 9.99. The summed E-state index contributed by atoms with van der Waals surface area (Å²) in [5.41, 5.74) is 0. The lowest BCUT2D eigenvalue weighted by Gasteiger charge is -2.30. The van der Waals surface area contributed by atoms with Crippen LogP contribution in [0.3, 0.4) is 0 Å². The van der Waals surface area contributed by atoms with Crippen molar-refractivity contribution in [3.05, 3.63) is 0 Å². The molecule has 2 aliphatic heterocycles. The first kappa shape index (κ1) is 14.7. The molecule has 6 nitrogen and oxygen atoms in total. The second-order valence-electron chi connectivity index (χ2n) is 5.39. The number of piperidine rings is 1.